The number of hydrogen-bond acceptors (Lipinski definition) is 5. The van der Waals surface area contributed by atoms with Gasteiger partial charge in [-0.1, -0.05) is 24.8 Å². The summed E-state index contributed by atoms with van der Waals surface area (Å²) >= 11 is 1.53. The topological polar surface area (TPSA) is 75.5 Å². The fourth-order valence-corrected chi connectivity index (χ4v) is 3.79. The number of rotatable bonds is 6. The van der Waals surface area contributed by atoms with Crippen LogP contribution in [0.5, 0.6) is 0 Å². The first kappa shape index (κ1) is 20.8. The highest BCUT2D eigenvalue weighted by Crippen LogP contribution is 2.31. The zero-order valence-corrected chi connectivity index (χ0v) is 17.9. The predicted octanol–water partition coefficient (Wildman–Crippen LogP) is 5.64. The molecule has 3 rings (SSSR count). The maximum Gasteiger partial charge on any atom is 0.408 e. The number of fused-ring (bicyclic) bond motifs is 1. The Labute approximate surface area is 174 Å². The van der Waals surface area contributed by atoms with Crippen molar-refractivity contribution in [2.24, 2.45) is 0 Å². The molecule has 1 amide bonds. The van der Waals surface area contributed by atoms with E-state index in [9.17, 15) is 9.90 Å². The molecule has 0 aliphatic carbocycles. The molecule has 0 unspecified atom stereocenters. The van der Waals surface area contributed by atoms with Crippen LogP contribution in [0.15, 0.2) is 42.3 Å². The van der Waals surface area contributed by atoms with Crippen LogP contribution in [-0.4, -0.2) is 38.2 Å². The van der Waals surface area contributed by atoms with Gasteiger partial charge in [0.15, 0.2) is 11.6 Å². The first-order chi connectivity index (χ1) is 13.7. The molecule has 152 valence electrons. The number of carboxylic acid groups (broad SMARTS) is 1. The van der Waals surface area contributed by atoms with Crippen molar-refractivity contribution in [3.8, 4) is 11.3 Å². The zero-order chi connectivity index (χ0) is 21.2. The van der Waals surface area contributed by atoms with Gasteiger partial charge >= 0.3 is 6.09 Å². The number of carbonyl (C=O) groups is 1. The van der Waals surface area contributed by atoms with Crippen LogP contribution in [0.1, 0.15) is 39.1 Å². The molecule has 7 heteroatoms. The Morgan fingerprint density at radius 1 is 1.28 bits per heavy atom. The maximum atomic E-state index is 11.7. The van der Waals surface area contributed by atoms with Crippen molar-refractivity contribution in [1.82, 2.24) is 14.9 Å². The summed E-state index contributed by atoms with van der Waals surface area (Å²) in [4.78, 5) is 23.3. The molecule has 1 N–H and O–H groups in total. The second-order valence-corrected chi connectivity index (χ2v) is 8.53. The highest BCUT2D eigenvalue weighted by molar-refractivity contribution is 7.16. The number of ether oxygens (including phenoxy) is 1. The fourth-order valence-electron chi connectivity index (χ4n) is 3.03. The molecular formula is C22H25N3O3S. The maximum absolute atomic E-state index is 11.7. The van der Waals surface area contributed by atoms with Gasteiger partial charge < -0.3 is 9.84 Å². The number of amides is 1. The molecule has 0 aliphatic heterocycles. The van der Waals surface area contributed by atoms with Crippen molar-refractivity contribution in [3.63, 3.8) is 0 Å². The smallest absolute Gasteiger partial charge is 0.408 e. The second-order valence-electron chi connectivity index (χ2n) is 7.63. The van der Waals surface area contributed by atoms with Crippen LogP contribution in [0.3, 0.4) is 0 Å². The molecule has 3 aromatic rings. The number of hydrogen-bond donors (Lipinski definition) is 1. The molecule has 0 radical (unpaired) electrons. The Morgan fingerprint density at radius 2 is 2.03 bits per heavy atom. The molecule has 0 spiro atoms. The lowest BCUT2D eigenvalue weighted by molar-refractivity contribution is 0.0955. The SMILES string of the molecule is C=C(OCC)c1nc(-c2cccc(CN(C(=O)O)C(C)(C)C)c2)c2ccsc2n1. The molecule has 0 fully saturated rings. The Hall–Kier alpha value is -2.93. The second kappa shape index (κ2) is 8.21. The van der Waals surface area contributed by atoms with Crippen molar-refractivity contribution in [1.29, 1.82) is 0 Å². The molecule has 0 aliphatic rings. The molecule has 2 aromatic heterocycles. The third-order valence-corrected chi connectivity index (χ3v) is 5.28. The minimum atomic E-state index is -0.944. The average molecular weight is 412 g/mol. The fraction of sp³-hybridized carbons (Fsp3) is 0.318. The van der Waals surface area contributed by atoms with Gasteiger partial charge in [0.25, 0.3) is 0 Å². The summed E-state index contributed by atoms with van der Waals surface area (Å²) in [6.45, 7) is 12.3. The number of nitrogens with zero attached hydrogens (tertiary/aromatic N) is 3. The van der Waals surface area contributed by atoms with Gasteiger partial charge in [0.05, 0.1) is 12.3 Å². The molecular weight excluding hydrogens is 386 g/mol. The van der Waals surface area contributed by atoms with E-state index in [1.54, 1.807) is 0 Å². The normalized spacial score (nSPS) is 11.4. The van der Waals surface area contributed by atoms with Gasteiger partial charge in [0, 0.05) is 23.0 Å². The van der Waals surface area contributed by atoms with Gasteiger partial charge in [-0.05, 0) is 50.8 Å². The minimum absolute atomic E-state index is 0.295. The Bertz CT molecular complexity index is 1050. The van der Waals surface area contributed by atoms with Crippen molar-refractivity contribution in [2.75, 3.05) is 6.61 Å². The van der Waals surface area contributed by atoms with Gasteiger partial charge in [0.2, 0.25) is 0 Å². The molecule has 0 saturated carbocycles. The van der Waals surface area contributed by atoms with E-state index in [0.717, 1.165) is 27.0 Å². The molecule has 29 heavy (non-hydrogen) atoms. The lowest BCUT2D eigenvalue weighted by atomic mass is 10.0. The molecule has 0 saturated heterocycles. The largest absolute Gasteiger partial charge is 0.491 e. The summed E-state index contributed by atoms with van der Waals surface area (Å²) in [5.74, 6) is 0.897. The van der Waals surface area contributed by atoms with Gasteiger partial charge in [-0.25, -0.2) is 14.8 Å². The van der Waals surface area contributed by atoms with Crippen molar-refractivity contribution in [2.45, 2.75) is 39.8 Å². The van der Waals surface area contributed by atoms with E-state index < -0.39 is 11.6 Å². The van der Waals surface area contributed by atoms with Crippen LogP contribution in [0.4, 0.5) is 4.79 Å². The number of aromatic nitrogens is 2. The van der Waals surface area contributed by atoms with E-state index in [2.05, 4.69) is 11.6 Å². The van der Waals surface area contributed by atoms with Crippen LogP contribution >= 0.6 is 11.3 Å². The lowest BCUT2D eigenvalue weighted by Crippen LogP contribution is -2.44. The standard InChI is InChI=1S/C22H25N3O3S/c1-6-28-14(2)19-23-18(17-10-11-29-20(17)24-19)16-9-7-8-15(12-16)13-25(21(26)27)22(3,4)5/h7-12H,2,6,13H2,1,3-5H3,(H,26,27). The summed E-state index contributed by atoms with van der Waals surface area (Å²) in [6.07, 6.45) is -0.944. The van der Waals surface area contributed by atoms with Gasteiger partial charge in [-0.3, -0.25) is 4.90 Å². The highest BCUT2D eigenvalue weighted by Gasteiger charge is 2.26. The molecule has 6 nitrogen and oxygen atoms in total. The van der Waals surface area contributed by atoms with E-state index in [4.69, 9.17) is 9.72 Å². The monoisotopic (exact) mass is 411 g/mol. The average Bonchev–Trinajstić information content (AvgIpc) is 3.13. The molecule has 2 heterocycles. The third kappa shape index (κ3) is 4.56. The van der Waals surface area contributed by atoms with Crippen molar-refractivity contribution < 1.29 is 14.6 Å². The molecule has 0 atom stereocenters. The van der Waals surface area contributed by atoms with Crippen LogP contribution in [0, 0.1) is 0 Å². The van der Waals surface area contributed by atoms with E-state index in [-0.39, 0.29) is 0 Å². The van der Waals surface area contributed by atoms with Gasteiger partial charge in [0.1, 0.15) is 4.83 Å². The Kier molecular flexibility index (Phi) is 5.88. The molecule has 0 bridgehead atoms. The summed E-state index contributed by atoms with van der Waals surface area (Å²) in [5.41, 5.74) is 2.08. The zero-order valence-electron chi connectivity index (χ0n) is 17.1. The summed E-state index contributed by atoms with van der Waals surface area (Å²) in [7, 11) is 0. The number of benzene rings is 1. The minimum Gasteiger partial charge on any atom is -0.491 e. The summed E-state index contributed by atoms with van der Waals surface area (Å²) in [5, 5.41) is 12.5. The first-order valence-electron chi connectivity index (χ1n) is 9.38. The highest BCUT2D eigenvalue weighted by atomic mass is 32.1. The summed E-state index contributed by atoms with van der Waals surface area (Å²) in [6, 6.07) is 9.79. The van der Waals surface area contributed by atoms with E-state index in [0.29, 0.717) is 24.7 Å². The third-order valence-electron chi connectivity index (χ3n) is 4.47. The van der Waals surface area contributed by atoms with Crippen LogP contribution in [0.25, 0.3) is 27.2 Å². The Balaban J connectivity index is 2.04. The quantitative estimate of drug-likeness (QED) is 0.531. The lowest BCUT2D eigenvalue weighted by Gasteiger charge is -2.33. The van der Waals surface area contributed by atoms with E-state index >= 15 is 0 Å². The predicted molar refractivity (Wildman–Crippen MR) is 117 cm³/mol. The first-order valence-corrected chi connectivity index (χ1v) is 10.3. The van der Waals surface area contributed by atoms with Crippen molar-refractivity contribution >= 4 is 33.4 Å². The van der Waals surface area contributed by atoms with Gasteiger partial charge in [-0.2, -0.15) is 0 Å². The van der Waals surface area contributed by atoms with Crippen molar-refractivity contribution in [3.05, 3.63) is 53.7 Å². The van der Waals surface area contributed by atoms with Gasteiger partial charge in [-0.15, -0.1) is 11.3 Å². The summed E-state index contributed by atoms with van der Waals surface area (Å²) < 4.78 is 5.50. The van der Waals surface area contributed by atoms with E-state index in [1.165, 1.54) is 16.2 Å². The Morgan fingerprint density at radius 3 is 2.69 bits per heavy atom. The number of thiophene rings is 1. The van der Waals surface area contributed by atoms with Crippen LogP contribution < -0.4 is 0 Å². The molecule has 1 aromatic carbocycles. The van der Waals surface area contributed by atoms with E-state index in [1.807, 2.05) is 63.4 Å². The van der Waals surface area contributed by atoms with Crippen LogP contribution in [0.2, 0.25) is 0 Å². The van der Waals surface area contributed by atoms with Crippen LogP contribution in [-0.2, 0) is 11.3 Å².